The Hall–Kier alpha value is -4.14. The Morgan fingerprint density at radius 2 is 1.64 bits per heavy atom. The molecule has 0 fully saturated rings. The Morgan fingerprint density at radius 1 is 0.949 bits per heavy atom. The Balaban J connectivity index is 1.76. The van der Waals surface area contributed by atoms with Gasteiger partial charge in [0.1, 0.15) is 5.60 Å². The zero-order chi connectivity index (χ0) is 28.2. The first-order chi connectivity index (χ1) is 18.7. The van der Waals surface area contributed by atoms with Crippen molar-refractivity contribution in [3.05, 3.63) is 169 Å². The van der Waals surface area contributed by atoms with Gasteiger partial charge in [-0.05, 0) is 52.1 Å². The van der Waals surface area contributed by atoms with Crippen molar-refractivity contribution >= 4 is 10.8 Å². The van der Waals surface area contributed by atoms with E-state index in [9.17, 15) is 5.11 Å². The van der Waals surface area contributed by atoms with Crippen LogP contribution in [0, 0.1) is 6.92 Å². The van der Waals surface area contributed by atoms with E-state index in [-0.39, 0.29) is 5.41 Å². The molecule has 0 saturated heterocycles. The monoisotopic (exact) mass is 513 g/mol. The van der Waals surface area contributed by atoms with Crippen LogP contribution in [0.5, 0.6) is 0 Å². The summed E-state index contributed by atoms with van der Waals surface area (Å²) < 4.78 is 0. The van der Waals surface area contributed by atoms with Crippen LogP contribution in [0.15, 0.2) is 152 Å². The highest BCUT2D eigenvalue weighted by Crippen LogP contribution is 2.44. The van der Waals surface area contributed by atoms with Crippen molar-refractivity contribution in [2.75, 3.05) is 6.54 Å². The minimum atomic E-state index is -1.26. The van der Waals surface area contributed by atoms with Crippen LogP contribution in [-0.4, -0.2) is 22.2 Å². The quantitative estimate of drug-likeness (QED) is 0.217. The summed E-state index contributed by atoms with van der Waals surface area (Å²) >= 11 is 0. The maximum atomic E-state index is 12.2. The molecule has 1 N–H and O–H groups in total. The minimum absolute atomic E-state index is 0.298. The van der Waals surface area contributed by atoms with Gasteiger partial charge in [0.25, 0.3) is 0 Å². The molecular formula is C37H39NO. The molecule has 0 aromatic heterocycles. The van der Waals surface area contributed by atoms with Gasteiger partial charge >= 0.3 is 0 Å². The third kappa shape index (κ3) is 5.13. The van der Waals surface area contributed by atoms with E-state index in [1.165, 1.54) is 21.9 Å². The molecule has 1 atom stereocenters. The predicted molar refractivity (Wildman–Crippen MR) is 167 cm³/mol. The van der Waals surface area contributed by atoms with Gasteiger partial charge in [-0.15, -0.1) is 6.58 Å². The summed E-state index contributed by atoms with van der Waals surface area (Å²) in [5, 5.41) is 14.7. The second-order valence-electron chi connectivity index (χ2n) is 10.7. The van der Waals surface area contributed by atoms with Gasteiger partial charge in [0.2, 0.25) is 0 Å². The molecule has 0 radical (unpaired) electrons. The Morgan fingerprint density at radius 3 is 2.31 bits per heavy atom. The van der Waals surface area contributed by atoms with Crippen LogP contribution in [0.2, 0.25) is 0 Å². The zero-order valence-corrected chi connectivity index (χ0v) is 23.5. The second-order valence-corrected chi connectivity index (χ2v) is 10.7. The third-order valence-corrected chi connectivity index (χ3v) is 7.86. The number of rotatable bonds is 10. The van der Waals surface area contributed by atoms with E-state index in [4.69, 9.17) is 0 Å². The van der Waals surface area contributed by atoms with E-state index in [0.717, 1.165) is 28.1 Å². The lowest BCUT2D eigenvalue weighted by atomic mass is 9.74. The number of nitrogens with zero attached hydrogens (tertiary/aromatic N) is 1. The first kappa shape index (κ1) is 27.9. The average molecular weight is 514 g/mol. The highest BCUT2D eigenvalue weighted by Gasteiger charge is 2.45. The molecule has 1 heterocycles. The fraction of sp³-hybridized carbons (Fsp3) is 0.189. The molecular weight excluding hydrogens is 474 g/mol. The van der Waals surface area contributed by atoms with E-state index in [1.807, 2.05) is 48.6 Å². The summed E-state index contributed by atoms with van der Waals surface area (Å²) in [5.41, 5.74) is 5.33. The Kier molecular flexibility index (Phi) is 8.09. The topological polar surface area (TPSA) is 23.5 Å². The van der Waals surface area contributed by atoms with Crippen LogP contribution in [-0.2, 0) is 11.8 Å². The van der Waals surface area contributed by atoms with Crippen molar-refractivity contribution in [1.82, 2.24) is 4.90 Å². The number of hydrogen-bond donors (Lipinski definition) is 1. The van der Waals surface area contributed by atoms with Crippen molar-refractivity contribution < 1.29 is 5.11 Å². The molecule has 0 spiro atoms. The maximum Gasteiger partial charge on any atom is 0.135 e. The first-order valence-corrected chi connectivity index (χ1v) is 13.4. The smallest absolute Gasteiger partial charge is 0.135 e. The summed E-state index contributed by atoms with van der Waals surface area (Å²) in [6.45, 7) is 23.7. The fourth-order valence-corrected chi connectivity index (χ4v) is 5.81. The molecule has 0 aliphatic carbocycles. The molecule has 2 nitrogen and oxygen atoms in total. The van der Waals surface area contributed by atoms with Crippen molar-refractivity contribution in [3.8, 4) is 0 Å². The van der Waals surface area contributed by atoms with Crippen molar-refractivity contribution in [2.45, 2.75) is 38.2 Å². The number of allylic oxidation sites excluding steroid dienone is 5. The summed E-state index contributed by atoms with van der Waals surface area (Å²) in [6, 6.07) is 22.9. The van der Waals surface area contributed by atoms with Crippen molar-refractivity contribution in [3.63, 3.8) is 0 Å². The standard InChI is InChI=1S/C37H39NO/c1-8-25-38-33(10-3)32(9-2)37(39,26-29-18-12-11-13-19-29)34(38)22-16-17-28(5)36(6,7)35-27(4)23-24-30-20-14-15-21-31(30)35/h8-24,39H,1-3,5,25-26H2,4,6-7H3/b17-16+,34-22+. The predicted octanol–water partition coefficient (Wildman–Crippen LogP) is 8.52. The molecule has 3 aromatic carbocycles. The highest BCUT2D eigenvalue weighted by molar-refractivity contribution is 5.88. The molecule has 198 valence electrons. The molecule has 1 aliphatic heterocycles. The van der Waals surface area contributed by atoms with Gasteiger partial charge in [-0.25, -0.2) is 0 Å². The number of hydrogen-bond acceptors (Lipinski definition) is 2. The average Bonchev–Trinajstić information content (AvgIpc) is 3.14. The van der Waals surface area contributed by atoms with E-state index >= 15 is 0 Å². The lowest BCUT2D eigenvalue weighted by Crippen LogP contribution is -2.36. The summed E-state index contributed by atoms with van der Waals surface area (Å²) in [5.74, 6) is 0. The maximum absolute atomic E-state index is 12.2. The largest absolute Gasteiger partial charge is 0.378 e. The molecule has 0 saturated carbocycles. The number of fused-ring (bicyclic) bond motifs is 1. The SMILES string of the molecule is C=CCN1C(C=C)=C(C=C)C(O)(Cc2ccccc2)/C1=C\C=C\C(=C)C(C)(C)c1c(C)ccc2ccccc12. The van der Waals surface area contributed by atoms with E-state index in [0.29, 0.717) is 13.0 Å². The van der Waals surface area contributed by atoms with Gasteiger partial charge in [0.15, 0.2) is 0 Å². The normalized spacial score (nSPS) is 18.8. The van der Waals surface area contributed by atoms with Crippen molar-refractivity contribution in [2.24, 2.45) is 0 Å². The molecule has 1 unspecified atom stereocenters. The highest BCUT2D eigenvalue weighted by atomic mass is 16.3. The second kappa shape index (κ2) is 11.3. The van der Waals surface area contributed by atoms with Crippen LogP contribution in [0.1, 0.15) is 30.5 Å². The fourth-order valence-electron chi connectivity index (χ4n) is 5.81. The summed E-state index contributed by atoms with van der Waals surface area (Å²) in [4.78, 5) is 2.06. The van der Waals surface area contributed by atoms with Crippen LogP contribution < -0.4 is 0 Å². The van der Waals surface area contributed by atoms with E-state index in [2.05, 4.69) is 94.5 Å². The molecule has 3 aromatic rings. The molecule has 2 heteroatoms. The van der Waals surface area contributed by atoms with E-state index < -0.39 is 5.60 Å². The zero-order valence-electron chi connectivity index (χ0n) is 23.5. The third-order valence-electron chi connectivity index (χ3n) is 7.86. The van der Waals surface area contributed by atoms with Crippen LogP contribution in [0.4, 0.5) is 0 Å². The summed E-state index contributed by atoms with van der Waals surface area (Å²) in [6.07, 6.45) is 11.8. The molecule has 0 bridgehead atoms. The van der Waals surface area contributed by atoms with Crippen LogP contribution in [0.3, 0.4) is 0 Å². The Bertz CT molecular complexity index is 1520. The van der Waals surface area contributed by atoms with Gasteiger partial charge < -0.3 is 10.0 Å². The molecule has 4 rings (SSSR count). The van der Waals surface area contributed by atoms with Crippen LogP contribution in [0.25, 0.3) is 10.8 Å². The molecule has 1 aliphatic rings. The van der Waals surface area contributed by atoms with E-state index in [1.54, 1.807) is 12.2 Å². The van der Waals surface area contributed by atoms with Crippen molar-refractivity contribution in [1.29, 1.82) is 0 Å². The lowest BCUT2D eigenvalue weighted by Gasteiger charge is -2.31. The lowest BCUT2D eigenvalue weighted by molar-refractivity contribution is 0.111. The minimum Gasteiger partial charge on any atom is -0.378 e. The number of aliphatic hydroxyl groups is 1. The number of benzene rings is 3. The van der Waals surface area contributed by atoms with Crippen LogP contribution >= 0.6 is 0 Å². The molecule has 0 amide bonds. The summed E-state index contributed by atoms with van der Waals surface area (Å²) in [7, 11) is 0. The Labute approximate surface area is 234 Å². The molecule has 39 heavy (non-hydrogen) atoms. The van der Waals surface area contributed by atoms with Gasteiger partial charge in [-0.1, -0.05) is 125 Å². The van der Waals surface area contributed by atoms with Gasteiger partial charge in [-0.3, -0.25) is 0 Å². The van der Waals surface area contributed by atoms with Gasteiger partial charge in [0.05, 0.1) is 5.70 Å². The van der Waals surface area contributed by atoms with Gasteiger partial charge in [-0.2, -0.15) is 0 Å². The number of aryl methyl sites for hydroxylation is 1. The van der Waals surface area contributed by atoms with Gasteiger partial charge in [0, 0.05) is 29.7 Å². The first-order valence-electron chi connectivity index (χ1n) is 13.4.